The predicted octanol–water partition coefficient (Wildman–Crippen LogP) is 1.51. The van der Waals surface area contributed by atoms with E-state index in [1.807, 2.05) is 18.2 Å². The molecular weight excluding hydrogens is 254 g/mol. The Bertz CT molecular complexity index is 463. The second-order valence-corrected chi connectivity index (χ2v) is 4.35. The van der Waals surface area contributed by atoms with Gasteiger partial charge in [0.05, 0.1) is 13.7 Å². The highest BCUT2D eigenvalue weighted by Crippen LogP contribution is 2.21. The van der Waals surface area contributed by atoms with Gasteiger partial charge < -0.3 is 14.6 Å². The molecule has 0 unspecified atom stereocenters. The molecule has 0 saturated heterocycles. The Kier molecular flexibility index (Phi) is 7.74. The minimum atomic E-state index is -0.129. The van der Waals surface area contributed by atoms with Crippen molar-refractivity contribution in [3.05, 3.63) is 29.3 Å². The Labute approximate surface area is 121 Å². The van der Waals surface area contributed by atoms with Crippen LogP contribution >= 0.6 is 0 Å². The predicted molar refractivity (Wildman–Crippen MR) is 79.8 cm³/mol. The molecule has 0 bridgehead atoms. The molecule has 1 aromatic carbocycles. The number of hydrogen-bond donors (Lipinski definition) is 1. The Morgan fingerprint density at radius 3 is 2.70 bits per heavy atom. The summed E-state index contributed by atoms with van der Waals surface area (Å²) in [6, 6.07) is 5.83. The average molecular weight is 277 g/mol. The smallest absolute Gasteiger partial charge is 0.123 e. The van der Waals surface area contributed by atoms with E-state index in [0.29, 0.717) is 6.61 Å². The van der Waals surface area contributed by atoms with Gasteiger partial charge in [-0.1, -0.05) is 18.8 Å². The SMILES string of the molecule is CCN(CCOC)Cc1cc(C#CCO)ccc1OC. The topological polar surface area (TPSA) is 41.9 Å². The van der Waals surface area contributed by atoms with Crippen LogP contribution in [0, 0.1) is 11.8 Å². The molecule has 4 nitrogen and oxygen atoms in total. The van der Waals surface area contributed by atoms with Crippen molar-refractivity contribution in [1.82, 2.24) is 4.90 Å². The standard InChI is InChI=1S/C16H23NO3/c1-4-17(9-11-19-2)13-15-12-14(6-5-10-18)7-8-16(15)20-3/h7-8,12,18H,4,9-11,13H2,1-3H3. The first-order valence-corrected chi connectivity index (χ1v) is 6.73. The van der Waals surface area contributed by atoms with Gasteiger partial charge in [0, 0.05) is 31.3 Å². The zero-order valence-corrected chi connectivity index (χ0v) is 12.5. The van der Waals surface area contributed by atoms with Crippen molar-refractivity contribution in [2.45, 2.75) is 13.5 Å². The van der Waals surface area contributed by atoms with E-state index in [-0.39, 0.29) is 6.61 Å². The molecule has 4 heteroatoms. The van der Waals surface area contributed by atoms with E-state index in [9.17, 15) is 0 Å². The largest absolute Gasteiger partial charge is 0.496 e. The van der Waals surface area contributed by atoms with Crippen molar-refractivity contribution < 1.29 is 14.6 Å². The van der Waals surface area contributed by atoms with Crippen LogP contribution in [0.1, 0.15) is 18.1 Å². The molecular formula is C16H23NO3. The van der Waals surface area contributed by atoms with Gasteiger partial charge in [-0.3, -0.25) is 4.90 Å². The van der Waals surface area contributed by atoms with Crippen molar-refractivity contribution in [3.63, 3.8) is 0 Å². The van der Waals surface area contributed by atoms with Crippen LogP contribution in [0.5, 0.6) is 5.75 Å². The maximum atomic E-state index is 8.76. The van der Waals surface area contributed by atoms with Crippen LogP contribution in [0.3, 0.4) is 0 Å². The molecule has 0 aliphatic rings. The number of benzene rings is 1. The van der Waals surface area contributed by atoms with E-state index in [1.165, 1.54) is 0 Å². The summed E-state index contributed by atoms with van der Waals surface area (Å²) in [4.78, 5) is 2.28. The zero-order chi connectivity index (χ0) is 14.8. The van der Waals surface area contributed by atoms with Gasteiger partial charge in [-0.2, -0.15) is 0 Å². The van der Waals surface area contributed by atoms with Crippen LogP contribution in [0.2, 0.25) is 0 Å². The fraction of sp³-hybridized carbons (Fsp3) is 0.500. The summed E-state index contributed by atoms with van der Waals surface area (Å²) in [7, 11) is 3.38. The van der Waals surface area contributed by atoms with Crippen molar-refractivity contribution in [2.24, 2.45) is 0 Å². The lowest BCUT2D eigenvalue weighted by Crippen LogP contribution is -2.26. The summed E-state index contributed by atoms with van der Waals surface area (Å²) in [5, 5.41) is 8.76. The summed E-state index contributed by atoms with van der Waals surface area (Å²) in [6.45, 7) is 5.31. The van der Waals surface area contributed by atoms with Crippen LogP contribution in [0.15, 0.2) is 18.2 Å². The molecule has 1 N–H and O–H groups in total. The minimum Gasteiger partial charge on any atom is -0.496 e. The highest BCUT2D eigenvalue weighted by Gasteiger charge is 2.09. The third-order valence-corrected chi connectivity index (χ3v) is 3.04. The van der Waals surface area contributed by atoms with Crippen molar-refractivity contribution >= 4 is 0 Å². The van der Waals surface area contributed by atoms with Gasteiger partial charge in [-0.25, -0.2) is 0 Å². The molecule has 0 heterocycles. The normalized spacial score (nSPS) is 10.2. The molecule has 1 rings (SSSR count). The number of ether oxygens (including phenoxy) is 2. The monoisotopic (exact) mass is 277 g/mol. The first kappa shape index (κ1) is 16.5. The van der Waals surface area contributed by atoms with Crippen molar-refractivity contribution in [3.8, 4) is 17.6 Å². The summed E-state index contributed by atoms with van der Waals surface area (Å²) >= 11 is 0. The van der Waals surface area contributed by atoms with Crippen LogP contribution in [-0.2, 0) is 11.3 Å². The maximum Gasteiger partial charge on any atom is 0.123 e. The van der Waals surface area contributed by atoms with Gasteiger partial charge in [0.25, 0.3) is 0 Å². The van der Waals surface area contributed by atoms with Crippen LogP contribution in [0.4, 0.5) is 0 Å². The van der Waals surface area contributed by atoms with Crippen molar-refractivity contribution in [1.29, 1.82) is 0 Å². The summed E-state index contributed by atoms with van der Waals surface area (Å²) in [5.74, 6) is 6.44. The lowest BCUT2D eigenvalue weighted by Gasteiger charge is -2.21. The number of methoxy groups -OCH3 is 2. The van der Waals surface area contributed by atoms with Gasteiger partial charge in [-0.15, -0.1) is 0 Å². The van der Waals surface area contributed by atoms with E-state index in [4.69, 9.17) is 14.6 Å². The van der Waals surface area contributed by atoms with E-state index >= 15 is 0 Å². The van der Waals surface area contributed by atoms with E-state index in [2.05, 4.69) is 23.7 Å². The van der Waals surface area contributed by atoms with E-state index < -0.39 is 0 Å². The average Bonchev–Trinajstić information content (AvgIpc) is 2.49. The molecule has 0 saturated carbocycles. The van der Waals surface area contributed by atoms with Gasteiger partial charge in [0.15, 0.2) is 0 Å². The third-order valence-electron chi connectivity index (χ3n) is 3.04. The zero-order valence-electron chi connectivity index (χ0n) is 12.5. The molecule has 0 aliphatic heterocycles. The molecule has 0 atom stereocenters. The molecule has 0 radical (unpaired) electrons. The van der Waals surface area contributed by atoms with E-state index in [1.54, 1.807) is 14.2 Å². The second kappa shape index (κ2) is 9.38. The number of aliphatic hydroxyl groups excluding tert-OH is 1. The second-order valence-electron chi connectivity index (χ2n) is 4.35. The number of aliphatic hydroxyl groups is 1. The lowest BCUT2D eigenvalue weighted by molar-refractivity contribution is 0.147. The molecule has 0 spiro atoms. The first-order valence-electron chi connectivity index (χ1n) is 6.73. The van der Waals surface area contributed by atoms with Crippen molar-refractivity contribution in [2.75, 3.05) is 40.5 Å². The highest BCUT2D eigenvalue weighted by molar-refractivity contribution is 5.44. The first-order chi connectivity index (χ1) is 9.74. The van der Waals surface area contributed by atoms with E-state index in [0.717, 1.165) is 36.5 Å². The molecule has 110 valence electrons. The molecule has 20 heavy (non-hydrogen) atoms. The van der Waals surface area contributed by atoms with Crippen LogP contribution in [0.25, 0.3) is 0 Å². The fourth-order valence-electron chi connectivity index (χ4n) is 1.93. The van der Waals surface area contributed by atoms with Gasteiger partial charge in [0.1, 0.15) is 12.4 Å². The molecule has 1 aromatic rings. The van der Waals surface area contributed by atoms with Crippen LogP contribution in [-0.4, -0.2) is 50.5 Å². The van der Waals surface area contributed by atoms with Gasteiger partial charge in [0.2, 0.25) is 0 Å². The van der Waals surface area contributed by atoms with Crippen LogP contribution < -0.4 is 4.74 Å². The maximum absolute atomic E-state index is 8.76. The fourth-order valence-corrected chi connectivity index (χ4v) is 1.93. The molecule has 0 fully saturated rings. The Hall–Kier alpha value is -1.54. The Balaban J connectivity index is 2.89. The molecule has 0 aromatic heterocycles. The quantitative estimate of drug-likeness (QED) is 0.767. The Morgan fingerprint density at radius 1 is 1.30 bits per heavy atom. The number of hydrogen-bond acceptors (Lipinski definition) is 4. The number of likely N-dealkylation sites (N-methyl/N-ethyl adjacent to an activating group) is 1. The van der Waals surface area contributed by atoms with Gasteiger partial charge >= 0.3 is 0 Å². The lowest BCUT2D eigenvalue weighted by atomic mass is 10.1. The molecule has 0 amide bonds. The summed E-state index contributed by atoms with van der Waals surface area (Å²) < 4.78 is 10.5. The summed E-state index contributed by atoms with van der Waals surface area (Å²) in [6.07, 6.45) is 0. The molecule has 0 aliphatic carbocycles. The van der Waals surface area contributed by atoms with Gasteiger partial charge in [-0.05, 0) is 24.7 Å². The number of nitrogens with zero attached hydrogens (tertiary/aromatic N) is 1. The third kappa shape index (κ3) is 5.22. The Morgan fingerprint density at radius 2 is 2.10 bits per heavy atom. The minimum absolute atomic E-state index is 0.129. The highest BCUT2D eigenvalue weighted by atomic mass is 16.5. The number of rotatable bonds is 7. The summed E-state index contributed by atoms with van der Waals surface area (Å²) in [5.41, 5.74) is 1.98.